The summed E-state index contributed by atoms with van der Waals surface area (Å²) in [6, 6.07) is 7.93. The molecule has 9 heteroatoms. The fraction of sp³-hybridized carbons (Fsp3) is 0.400. The lowest BCUT2D eigenvalue weighted by molar-refractivity contribution is -0.136. The Morgan fingerprint density at radius 2 is 2.21 bits per heavy atom. The lowest BCUT2D eigenvalue weighted by Gasteiger charge is -2.34. The SMILES string of the molecule is O=C(NCc1ccc(Cl)cc1Cl)C1(F)CCC(OCC(O)CO)c2ncccc21. The normalized spacial score (nSPS) is 22.0. The highest BCUT2D eigenvalue weighted by atomic mass is 35.5. The van der Waals surface area contributed by atoms with Gasteiger partial charge in [0.25, 0.3) is 5.91 Å². The van der Waals surface area contributed by atoms with E-state index in [0.29, 0.717) is 21.3 Å². The van der Waals surface area contributed by atoms with Gasteiger partial charge in [-0.2, -0.15) is 0 Å². The zero-order chi connectivity index (χ0) is 21.0. The Balaban J connectivity index is 1.76. The zero-order valence-corrected chi connectivity index (χ0v) is 17.0. The minimum atomic E-state index is -2.27. The summed E-state index contributed by atoms with van der Waals surface area (Å²) in [7, 11) is 0. The second-order valence-electron chi connectivity index (χ2n) is 6.85. The van der Waals surface area contributed by atoms with Crippen molar-refractivity contribution in [3.05, 3.63) is 63.4 Å². The Morgan fingerprint density at radius 1 is 1.41 bits per heavy atom. The molecule has 1 heterocycles. The van der Waals surface area contributed by atoms with Crippen LogP contribution in [0, 0.1) is 0 Å². The number of aromatic nitrogens is 1. The van der Waals surface area contributed by atoms with Gasteiger partial charge in [-0.05, 0) is 36.6 Å². The number of aliphatic hydroxyl groups excluding tert-OH is 2. The maximum atomic E-state index is 15.8. The third-order valence-corrected chi connectivity index (χ3v) is 5.42. The van der Waals surface area contributed by atoms with Crippen molar-refractivity contribution in [1.82, 2.24) is 10.3 Å². The van der Waals surface area contributed by atoms with Crippen LogP contribution in [0.2, 0.25) is 10.0 Å². The predicted molar refractivity (Wildman–Crippen MR) is 106 cm³/mol. The molecule has 0 aliphatic heterocycles. The Morgan fingerprint density at radius 3 is 2.93 bits per heavy atom. The molecule has 0 radical (unpaired) electrons. The number of benzene rings is 1. The molecule has 1 aromatic carbocycles. The van der Waals surface area contributed by atoms with Crippen LogP contribution in [-0.2, 0) is 21.7 Å². The van der Waals surface area contributed by atoms with Gasteiger partial charge < -0.3 is 20.3 Å². The number of hydrogen-bond acceptors (Lipinski definition) is 5. The highest BCUT2D eigenvalue weighted by Crippen LogP contribution is 2.43. The van der Waals surface area contributed by atoms with Crippen molar-refractivity contribution in [3.63, 3.8) is 0 Å². The molecule has 29 heavy (non-hydrogen) atoms. The number of nitrogens with zero attached hydrogens (tertiary/aromatic N) is 1. The van der Waals surface area contributed by atoms with Gasteiger partial charge in [-0.1, -0.05) is 35.3 Å². The van der Waals surface area contributed by atoms with E-state index in [1.165, 1.54) is 12.3 Å². The maximum Gasteiger partial charge on any atom is 0.262 e. The average molecular weight is 443 g/mol. The van der Waals surface area contributed by atoms with Crippen molar-refractivity contribution in [1.29, 1.82) is 0 Å². The van der Waals surface area contributed by atoms with E-state index in [1.54, 1.807) is 24.3 Å². The molecule has 2 aromatic rings. The lowest BCUT2D eigenvalue weighted by atomic mass is 9.80. The number of hydrogen-bond donors (Lipinski definition) is 3. The summed E-state index contributed by atoms with van der Waals surface area (Å²) in [4.78, 5) is 17.0. The number of halogens is 3. The zero-order valence-electron chi connectivity index (χ0n) is 15.4. The van der Waals surface area contributed by atoms with Crippen molar-refractivity contribution in [2.45, 2.75) is 37.3 Å². The molecule has 1 aliphatic rings. The Bertz CT molecular complexity index is 885. The maximum absolute atomic E-state index is 15.8. The second-order valence-corrected chi connectivity index (χ2v) is 7.70. The number of aliphatic hydroxyl groups is 2. The van der Waals surface area contributed by atoms with Crippen molar-refractivity contribution in [3.8, 4) is 0 Å². The first-order valence-corrected chi connectivity index (χ1v) is 9.88. The third kappa shape index (κ3) is 4.87. The molecule has 3 atom stereocenters. The average Bonchev–Trinajstić information content (AvgIpc) is 2.72. The molecule has 3 unspecified atom stereocenters. The van der Waals surface area contributed by atoms with E-state index in [2.05, 4.69) is 10.3 Å². The fourth-order valence-electron chi connectivity index (χ4n) is 3.27. The number of carbonyl (C=O) groups is 1. The van der Waals surface area contributed by atoms with Crippen LogP contribution in [0.25, 0.3) is 0 Å². The quantitative estimate of drug-likeness (QED) is 0.612. The number of ether oxygens (including phenoxy) is 1. The van der Waals surface area contributed by atoms with Crippen LogP contribution in [0.15, 0.2) is 36.5 Å². The molecule has 0 fully saturated rings. The summed E-state index contributed by atoms with van der Waals surface area (Å²) in [5, 5.41) is 21.9. The highest BCUT2D eigenvalue weighted by Gasteiger charge is 2.47. The predicted octanol–water partition coefficient (Wildman–Crippen LogP) is 3.07. The standard InChI is InChI=1S/C20H21Cl2FN2O4/c21-13-4-3-12(16(22)8-13)9-25-19(28)20(23)6-5-17(29-11-14(27)10-26)18-15(20)2-1-7-24-18/h1-4,7-8,14,17,26-27H,5-6,9-11H2,(H,25,28). The van der Waals surface area contributed by atoms with E-state index in [1.807, 2.05) is 0 Å². The minimum Gasteiger partial charge on any atom is -0.394 e. The smallest absolute Gasteiger partial charge is 0.262 e. The van der Waals surface area contributed by atoms with Crippen LogP contribution >= 0.6 is 23.2 Å². The van der Waals surface area contributed by atoms with Crippen LogP contribution in [0.3, 0.4) is 0 Å². The topological polar surface area (TPSA) is 91.7 Å². The number of alkyl halides is 1. The number of amides is 1. The van der Waals surface area contributed by atoms with Crippen molar-refractivity contribution >= 4 is 29.1 Å². The van der Waals surface area contributed by atoms with Gasteiger partial charge in [0.1, 0.15) is 12.2 Å². The molecule has 156 valence electrons. The number of fused-ring (bicyclic) bond motifs is 1. The number of pyridine rings is 1. The van der Waals surface area contributed by atoms with E-state index in [-0.39, 0.29) is 31.6 Å². The van der Waals surface area contributed by atoms with E-state index in [9.17, 15) is 9.90 Å². The number of rotatable bonds is 7. The molecule has 0 saturated carbocycles. The first kappa shape index (κ1) is 21.9. The summed E-state index contributed by atoms with van der Waals surface area (Å²) >= 11 is 12.0. The van der Waals surface area contributed by atoms with Crippen LogP contribution in [0.4, 0.5) is 4.39 Å². The minimum absolute atomic E-state index is 0.0543. The molecule has 1 aliphatic carbocycles. The van der Waals surface area contributed by atoms with E-state index in [4.69, 9.17) is 33.0 Å². The number of carbonyl (C=O) groups excluding carboxylic acids is 1. The van der Waals surface area contributed by atoms with Gasteiger partial charge in [-0.15, -0.1) is 0 Å². The summed E-state index contributed by atoms with van der Waals surface area (Å²) in [5.41, 5.74) is -1.20. The van der Waals surface area contributed by atoms with Crippen LogP contribution in [0.5, 0.6) is 0 Å². The molecule has 3 rings (SSSR count). The van der Waals surface area contributed by atoms with Crippen LogP contribution in [-0.4, -0.2) is 40.4 Å². The monoisotopic (exact) mass is 442 g/mol. The molecule has 0 bridgehead atoms. The highest BCUT2D eigenvalue weighted by molar-refractivity contribution is 6.35. The summed E-state index contributed by atoms with van der Waals surface area (Å²) in [5.74, 6) is -0.786. The Labute approximate surface area is 177 Å². The van der Waals surface area contributed by atoms with E-state index in [0.717, 1.165) is 0 Å². The van der Waals surface area contributed by atoms with Gasteiger partial charge >= 0.3 is 0 Å². The second kappa shape index (κ2) is 9.36. The van der Waals surface area contributed by atoms with Gasteiger partial charge in [-0.25, -0.2) is 4.39 Å². The van der Waals surface area contributed by atoms with Gasteiger partial charge in [0.2, 0.25) is 5.67 Å². The van der Waals surface area contributed by atoms with Gasteiger partial charge in [0.05, 0.1) is 18.9 Å². The molecule has 1 aromatic heterocycles. The van der Waals surface area contributed by atoms with Crippen LogP contribution < -0.4 is 5.32 Å². The van der Waals surface area contributed by atoms with E-state index >= 15 is 4.39 Å². The van der Waals surface area contributed by atoms with Crippen molar-refractivity contribution < 1.29 is 24.1 Å². The lowest BCUT2D eigenvalue weighted by Crippen LogP contribution is -2.44. The van der Waals surface area contributed by atoms with Crippen molar-refractivity contribution in [2.24, 2.45) is 0 Å². The largest absolute Gasteiger partial charge is 0.394 e. The number of nitrogens with one attached hydrogen (secondary N) is 1. The molecule has 1 amide bonds. The summed E-state index contributed by atoms with van der Waals surface area (Å²) in [6.07, 6.45) is -0.0182. The molecular weight excluding hydrogens is 422 g/mol. The Kier molecular flexibility index (Phi) is 7.08. The summed E-state index contributed by atoms with van der Waals surface area (Å²) < 4.78 is 21.4. The Hall–Kier alpha value is -1.77. The molecule has 0 saturated heterocycles. The van der Waals surface area contributed by atoms with Gasteiger partial charge in [-0.3, -0.25) is 9.78 Å². The fourth-order valence-corrected chi connectivity index (χ4v) is 3.74. The molecule has 6 nitrogen and oxygen atoms in total. The first-order valence-electron chi connectivity index (χ1n) is 9.12. The first-order chi connectivity index (χ1) is 13.8. The van der Waals surface area contributed by atoms with Gasteiger partial charge in [0.15, 0.2) is 0 Å². The molecule has 3 N–H and O–H groups in total. The van der Waals surface area contributed by atoms with Gasteiger partial charge in [0, 0.05) is 28.4 Å². The third-order valence-electron chi connectivity index (χ3n) is 4.84. The molecule has 0 spiro atoms. The summed E-state index contributed by atoms with van der Waals surface area (Å²) in [6.45, 7) is -0.499. The van der Waals surface area contributed by atoms with E-state index < -0.39 is 30.4 Å². The van der Waals surface area contributed by atoms with Crippen molar-refractivity contribution in [2.75, 3.05) is 13.2 Å². The van der Waals surface area contributed by atoms with Crippen LogP contribution in [0.1, 0.15) is 35.8 Å². The molecular formula is C20H21Cl2FN2O4.